The zero-order valence-corrected chi connectivity index (χ0v) is 15.2. The van der Waals surface area contributed by atoms with Crippen LogP contribution in [-0.4, -0.2) is 22.6 Å². The number of amides is 1. The van der Waals surface area contributed by atoms with Crippen molar-refractivity contribution in [3.8, 4) is 5.75 Å². The van der Waals surface area contributed by atoms with Crippen LogP contribution in [-0.2, 0) is 11.3 Å². The van der Waals surface area contributed by atoms with Crippen molar-refractivity contribution in [2.75, 3.05) is 7.11 Å². The number of ether oxygens (including phenoxy) is 1. The largest absolute Gasteiger partial charge is 0.497 e. The third kappa shape index (κ3) is 3.86. The molecule has 1 amide bonds. The summed E-state index contributed by atoms with van der Waals surface area (Å²) in [6.07, 6.45) is 1.37. The van der Waals surface area contributed by atoms with Gasteiger partial charge in [0.1, 0.15) is 12.3 Å². The summed E-state index contributed by atoms with van der Waals surface area (Å²) in [5.41, 5.74) is 1.18. The second-order valence-corrected chi connectivity index (χ2v) is 6.34. The SMILES string of the molecule is COc1ccc([C@H](C)NC(=O)Cn2cnc3ccc(Cl)cc3c2=O)cc1. The quantitative estimate of drug-likeness (QED) is 0.748. The molecule has 0 aliphatic rings. The minimum Gasteiger partial charge on any atom is -0.497 e. The number of nitrogens with one attached hydrogen (secondary N) is 1. The Kier molecular flexibility index (Phi) is 5.23. The van der Waals surface area contributed by atoms with Crippen molar-refractivity contribution in [2.24, 2.45) is 0 Å². The van der Waals surface area contributed by atoms with Gasteiger partial charge in [0.25, 0.3) is 5.56 Å². The van der Waals surface area contributed by atoms with Gasteiger partial charge in [0.05, 0.1) is 30.4 Å². The van der Waals surface area contributed by atoms with Gasteiger partial charge in [-0.1, -0.05) is 23.7 Å². The van der Waals surface area contributed by atoms with Crippen LogP contribution in [0, 0.1) is 0 Å². The number of nitrogens with zero attached hydrogens (tertiary/aromatic N) is 2. The van der Waals surface area contributed by atoms with Crippen molar-refractivity contribution in [1.82, 2.24) is 14.9 Å². The summed E-state index contributed by atoms with van der Waals surface area (Å²) in [6, 6.07) is 12.1. The van der Waals surface area contributed by atoms with Crippen molar-refractivity contribution in [1.29, 1.82) is 0 Å². The van der Waals surface area contributed by atoms with Gasteiger partial charge in [-0.25, -0.2) is 4.98 Å². The molecule has 0 aliphatic heterocycles. The molecule has 26 heavy (non-hydrogen) atoms. The van der Waals surface area contributed by atoms with E-state index in [-0.39, 0.29) is 24.1 Å². The molecule has 0 spiro atoms. The number of aromatic nitrogens is 2. The van der Waals surface area contributed by atoms with E-state index in [0.29, 0.717) is 15.9 Å². The number of hydrogen-bond acceptors (Lipinski definition) is 4. The molecule has 0 saturated carbocycles. The molecule has 134 valence electrons. The van der Waals surface area contributed by atoms with Crippen molar-refractivity contribution in [3.63, 3.8) is 0 Å². The Bertz CT molecular complexity index is 999. The van der Waals surface area contributed by atoms with E-state index in [4.69, 9.17) is 16.3 Å². The molecule has 1 heterocycles. The molecule has 1 N–H and O–H groups in total. The first-order valence-electron chi connectivity index (χ1n) is 8.06. The van der Waals surface area contributed by atoms with Crippen LogP contribution in [0.25, 0.3) is 10.9 Å². The standard InChI is InChI=1S/C19H18ClN3O3/c1-12(13-3-6-15(26-2)7-4-13)22-18(24)10-23-11-21-17-8-5-14(20)9-16(17)19(23)25/h3-9,11-12H,10H2,1-2H3,(H,22,24)/t12-/m0/s1. The Balaban J connectivity index is 1.74. The molecule has 0 bridgehead atoms. The van der Waals surface area contributed by atoms with E-state index in [1.807, 2.05) is 31.2 Å². The van der Waals surface area contributed by atoms with Crippen LogP contribution in [0.5, 0.6) is 5.75 Å². The number of carbonyl (C=O) groups is 1. The Labute approximate surface area is 155 Å². The van der Waals surface area contributed by atoms with Gasteiger partial charge in [0, 0.05) is 5.02 Å². The van der Waals surface area contributed by atoms with Crippen LogP contribution in [0.2, 0.25) is 5.02 Å². The van der Waals surface area contributed by atoms with Gasteiger partial charge in [0.15, 0.2) is 0 Å². The number of benzene rings is 2. The molecular weight excluding hydrogens is 354 g/mol. The minimum absolute atomic E-state index is 0.116. The maximum Gasteiger partial charge on any atom is 0.261 e. The molecule has 6 nitrogen and oxygen atoms in total. The van der Waals surface area contributed by atoms with Crippen molar-refractivity contribution < 1.29 is 9.53 Å². The normalized spacial score (nSPS) is 12.0. The van der Waals surface area contributed by atoms with Crippen molar-refractivity contribution in [3.05, 3.63) is 69.7 Å². The molecule has 1 atom stereocenters. The first-order valence-corrected chi connectivity index (χ1v) is 8.44. The lowest BCUT2D eigenvalue weighted by atomic mass is 10.1. The number of rotatable bonds is 5. The molecule has 1 aromatic heterocycles. The average molecular weight is 372 g/mol. The first kappa shape index (κ1) is 17.9. The van der Waals surface area contributed by atoms with E-state index < -0.39 is 0 Å². The van der Waals surface area contributed by atoms with Gasteiger partial charge in [-0.3, -0.25) is 14.2 Å². The van der Waals surface area contributed by atoms with E-state index in [0.717, 1.165) is 11.3 Å². The highest BCUT2D eigenvalue weighted by atomic mass is 35.5. The van der Waals surface area contributed by atoms with Crippen LogP contribution in [0.15, 0.2) is 53.6 Å². The van der Waals surface area contributed by atoms with E-state index in [1.165, 1.54) is 10.9 Å². The summed E-state index contributed by atoms with van der Waals surface area (Å²) in [5, 5.41) is 3.71. The second kappa shape index (κ2) is 7.58. The lowest BCUT2D eigenvalue weighted by Gasteiger charge is -2.15. The fraction of sp³-hybridized carbons (Fsp3) is 0.211. The minimum atomic E-state index is -0.301. The van der Waals surface area contributed by atoms with Gasteiger partial charge in [-0.15, -0.1) is 0 Å². The third-order valence-electron chi connectivity index (χ3n) is 4.09. The Morgan fingerprint density at radius 1 is 1.27 bits per heavy atom. The zero-order chi connectivity index (χ0) is 18.7. The topological polar surface area (TPSA) is 73.2 Å². The van der Waals surface area contributed by atoms with Crippen molar-refractivity contribution in [2.45, 2.75) is 19.5 Å². The monoisotopic (exact) mass is 371 g/mol. The Hall–Kier alpha value is -2.86. The third-order valence-corrected chi connectivity index (χ3v) is 4.33. The summed E-state index contributed by atoms with van der Waals surface area (Å²) in [6.45, 7) is 1.76. The molecule has 0 fully saturated rings. The van der Waals surface area contributed by atoms with Crippen LogP contribution >= 0.6 is 11.6 Å². The summed E-state index contributed by atoms with van der Waals surface area (Å²) >= 11 is 5.94. The molecule has 7 heteroatoms. The fourth-order valence-corrected chi connectivity index (χ4v) is 2.83. The number of halogens is 1. The number of hydrogen-bond donors (Lipinski definition) is 1. The smallest absolute Gasteiger partial charge is 0.261 e. The second-order valence-electron chi connectivity index (χ2n) is 5.90. The molecule has 0 saturated heterocycles. The highest BCUT2D eigenvalue weighted by Crippen LogP contribution is 2.17. The lowest BCUT2D eigenvalue weighted by molar-refractivity contribution is -0.122. The van der Waals surface area contributed by atoms with Crippen LogP contribution in [0.4, 0.5) is 0 Å². The van der Waals surface area contributed by atoms with Gasteiger partial charge >= 0.3 is 0 Å². The zero-order valence-electron chi connectivity index (χ0n) is 14.4. The predicted molar refractivity (Wildman–Crippen MR) is 101 cm³/mol. The lowest BCUT2D eigenvalue weighted by Crippen LogP contribution is -2.34. The maximum atomic E-state index is 12.5. The van der Waals surface area contributed by atoms with Gasteiger partial charge in [-0.2, -0.15) is 0 Å². The highest BCUT2D eigenvalue weighted by molar-refractivity contribution is 6.31. The van der Waals surface area contributed by atoms with Gasteiger partial charge in [0.2, 0.25) is 5.91 Å². The van der Waals surface area contributed by atoms with E-state index in [2.05, 4.69) is 10.3 Å². The summed E-state index contributed by atoms with van der Waals surface area (Å²) < 4.78 is 6.40. The van der Waals surface area contributed by atoms with Crippen LogP contribution in [0.1, 0.15) is 18.5 Å². The maximum absolute atomic E-state index is 12.5. The molecular formula is C19H18ClN3O3. The molecule has 3 aromatic rings. The summed E-state index contributed by atoms with van der Waals surface area (Å²) in [4.78, 5) is 29.0. The van der Waals surface area contributed by atoms with Gasteiger partial charge in [-0.05, 0) is 42.8 Å². The molecule has 3 rings (SSSR count). The fourth-order valence-electron chi connectivity index (χ4n) is 2.66. The predicted octanol–water partition coefficient (Wildman–Crippen LogP) is 2.94. The van der Waals surface area contributed by atoms with Gasteiger partial charge < -0.3 is 10.1 Å². The number of carbonyl (C=O) groups excluding carboxylic acids is 1. The van der Waals surface area contributed by atoms with E-state index >= 15 is 0 Å². The summed E-state index contributed by atoms with van der Waals surface area (Å²) in [7, 11) is 1.60. The molecule has 0 unspecified atom stereocenters. The molecule has 2 aromatic carbocycles. The average Bonchev–Trinajstić information content (AvgIpc) is 2.64. The molecule has 0 radical (unpaired) electrons. The highest BCUT2D eigenvalue weighted by Gasteiger charge is 2.12. The van der Waals surface area contributed by atoms with E-state index in [1.54, 1.807) is 25.3 Å². The summed E-state index contributed by atoms with van der Waals surface area (Å²) in [5.74, 6) is 0.471. The van der Waals surface area contributed by atoms with Crippen LogP contribution < -0.4 is 15.6 Å². The molecule has 0 aliphatic carbocycles. The Morgan fingerprint density at radius 2 is 2.00 bits per heavy atom. The van der Waals surface area contributed by atoms with E-state index in [9.17, 15) is 9.59 Å². The number of methoxy groups -OCH3 is 1. The number of fused-ring (bicyclic) bond motifs is 1. The first-order chi connectivity index (χ1) is 12.5. The van der Waals surface area contributed by atoms with Crippen molar-refractivity contribution >= 4 is 28.4 Å². The van der Waals surface area contributed by atoms with Crippen LogP contribution in [0.3, 0.4) is 0 Å². The Morgan fingerprint density at radius 3 is 2.69 bits per heavy atom.